The van der Waals surface area contributed by atoms with Crippen LogP contribution in [0, 0.1) is 11.8 Å². The first-order chi connectivity index (χ1) is 9.45. The molecule has 0 spiro atoms. The Morgan fingerprint density at radius 2 is 1.55 bits per heavy atom. The minimum Gasteiger partial charge on any atom is -0.301 e. The van der Waals surface area contributed by atoms with Gasteiger partial charge in [-0.05, 0) is 35.3 Å². The molecule has 1 heterocycles. The summed E-state index contributed by atoms with van der Waals surface area (Å²) in [7, 11) is 0. The lowest BCUT2D eigenvalue weighted by molar-refractivity contribution is 0.141. The van der Waals surface area contributed by atoms with Crippen molar-refractivity contribution in [2.45, 2.75) is 45.4 Å². The average Bonchev–Trinajstić information content (AvgIpc) is 2.37. The fraction of sp³-hybridized carbons (Fsp3) is 0.667. The van der Waals surface area contributed by atoms with Crippen LogP contribution in [0.25, 0.3) is 0 Å². The highest BCUT2D eigenvalue weighted by atomic mass is 35.5. The SMILES string of the molecule is CC1CC(C)CN(CC(Cl)c2ccc(C(C)C)cc2)C1. The fourth-order valence-corrected chi connectivity index (χ4v) is 3.70. The summed E-state index contributed by atoms with van der Waals surface area (Å²) in [6.07, 6.45) is 1.35. The predicted octanol–water partition coefficient (Wildman–Crippen LogP) is 5.07. The zero-order valence-corrected chi connectivity index (χ0v) is 14.0. The number of benzene rings is 1. The minimum absolute atomic E-state index is 0.105. The number of likely N-dealkylation sites (tertiary alicyclic amines) is 1. The Hall–Kier alpha value is -0.530. The van der Waals surface area contributed by atoms with Gasteiger partial charge >= 0.3 is 0 Å². The molecule has 1 aromatic rings. The first kappa shape index (κ1) is 15.9. The monoisotopic (exact) mass is 293 g/mol. The molecule has 2 heteroatoms. The summed E-state index contributed by atoms with van der Waals surface area (Å²) in [4.78, 5) is 2.53. The lowest BCUT2D eigenvalue weighted by Gasteiger charge is -2.36. The van der Waals surface area contributed by atoms with Crippen molar-refractivity contribution in [2.75, 3.05) is 19.6 Å². The molecule has 2 rings (SSSR count). The molecular weight excluding hydrogens is 266 g/mol. The van der Waals surface area contributed by atoms with Crippen molar-refractivity contribution in [1.29, 1.82) is 0 Å². The number of piperidine rings is 1. The van der Waals surface area contributed by atoms with E-state index in [1.165, 1.54) is 30.6 Å². The van der Waals surface area contributed by atoms with Crippen molar-refractivity contribution in [2.24, 2.45) is 11.8 Å². The number of rotatable bonds is 4. The van der Waals surface area contributed by atoms with E-state index in [9.17, 15) is 0 Å². The molecule has 3 unspecified atom stereocenters. The van der Waals surface area contributed by atoms with Crippen LogP contribution in [0.3, 0.4) is 0 Å². The first-order valence-corrected chi connectivity index (χ1v) is 8.35. The molecule has 0 aromatic heterocycles. The standard InChI is InChI=1S/C18H28ClN/c1-13(2)16-5-7-17(8-6-16)18(19)12-20-10-14(3)9-15(4)11-20/h5-8,13-15,18H,9-12H2,1-4H3. The Morgan fingerprint density at radius 1 is 1.05 bits per heavy atom. The van der Waals surface area contributed by atoms with Gasteiger partial charge < -0.3 is 4.90 Å². The lowest BCUT2D eigenvalue weighted by Crippen LogP contribution is -2.40. The average molecular weight is 294 g/mol. The summed E-state index contributed by atoms with van der Waals surface area (Å²) in [5.41, 5.74) is 2.64. The molecule has 1 aromatic carbocycles. The third-order valence-corrected chi connectivity index (χ3v) is 4.72. The van der Waals surface area contributed by atoms with Crippen LogP contribution >= 0.6 is 11.6 Å². The molecule has 0 bridgehead atoms. The van der Waals surface area contributed by atoms with Crippen molar-refractivity contribution >= 4 is 11.6 Å². The largest absolute Gasteiger partial charge is 0.301 e. The van der Waals surface area contributed by atoms with Gasteiger partial charge in [-0.2, -0.15) is 0 Å². The Labute approximate surface area is 129 Å². The molecule has 0 N–H and O–H groups in total. The van der Waals surface area contributed by atoms with E-state index in [2.05, 4.69) is 56.9 Å². The maximum Gasteiger partial charge on any atom is 0.0712 e. The van der Waals surface area contributed by atoms with Crippen molar-refractivity contribution < 1.29 is 0 Å². The van der Waals surface area contributed by atoms with E-state index in [1.54, 1.807) is 0 Å². The van der Waals surface area contributed by atoms with Crippen LogP contribution in [0.1, 0.15) is 56.5 Å². The number of hydrogen-bond donors (Lipinski definition) is 0. The summed E-state index contributed by atoms with van der Waals surface area (Å²) in [5, 5.41) is 0.105. The Balaban J connectivity index is 1.95. The summed E-state index contributed by atoms with van der Waals surface area (Å²) in [6, 6.07) is 8.83. The van der Waals surface area contributed by atoms with Gasteiger partial charge in [0.1, 0.15) is 0 Å². The van der Waals surface area contributed by atoms with Crippen LogP contribution in [-0.4, -0.2) is 24.5 Å². The minimum atomic E-state index is 0.105. The van der Waals surface area contributed by atoms with Crippen LogP contribution in [0.15, 0.2) is 24.3 Å². The normalized spacial score (nSPS) is 25.9. The van der Waals surface area contributed by atoms with Crippen LogP contribution in [0.4, 0.5) is 0 Å². The van der Waals surface area contributed by atoms with Crippen molar-refractivity contribution in [3.63, 3.8) is 0 Å². The summed E-state index contributed by atoms with van der Waals surface area (Å²) in [6.45, 7) is 12.5. The van der Waals surface area contributed by atoms with E-state index in [1.807, 2.05) is 0 Å². The molecule has 1 saturated heterocycles. The molecule has 0 radical (unpaired) electrons. The van der Waals surface area contributed by atoms with Crippen molar-refractivity contribution in [3.05, 3.63) is 35.4 Å². The zero-order chi connectivity index (χ0) is 14.7. The molecule has 3 atom stereocenters. The van der Waals surface area contributed by atoms with E-state index in [4.69, 9.17) is 11.6 Å². The zero-order valence-electron chi connectivity index (χ0n) is 13.3. The van der Waals surface area contributed by atoms with E-state index in [0.717, 1.165) is 18.4 Å². The molecule has 112 valence electrons. The quantitative estimate of drug-likeness (QED) is 0.701. The highest BCUT2D eigenvalue weighted by Gasteiger charge is 2.23. The maximum atomic E-state index is 6.63. The Bertz CT molecular complexity index is 402. The molecule has 0 saturated carbocycles. The van der Waals surface area contributed by atoms with Crippen LogP contribution in [-0.2, 0) is 0 Å². The second-order valence-corrected chi connectivity index (χ2v) is 7.48. The second-order valence-electron chi connectivity index (χ2n) is 6.95. The summed E-state index contributed by atoms with van der Waals surface area (Å²) in [5.74, 6) is 2.18. The molecular formula is C18H28ClN. The number of nitrogens with zero attached hydrogens (tertiary/aromatic N) is 1. The molecule has 1 nitrogen and oxygen atoms in total. The van der Waals surface area contributed by atoms with Gasteiger partial charge in [0.15, 0.2) is 0 Å². The summed E-state index contributed by atoms with van der Waals surface area (Å²) < 4.78 is 0. The van der Waals surface area contributed by atoms with Crippen molar-refractivity contribution in [3.8, 4) is 0 Å². The summed E-state index contributed by atoms with van der Waals surface area (Å²) >= 11 is 6.63. The predicted molar refractivity (Wildman–Crippen MR) is 88.5 cm³/mol. The third-order valence-electron chi connectivity index (χ3n) is 4.33. The molecule has 20 heavy (non-hydrogen) atoms. The third kappa shape index (κ3) is 4.23. The van der Waals surface area contributed by atoms with E-state index < -0.39 is 0 Å². The van der Waals surface area contributed by atoms with Crippen LogP contribution in [0.5, 0.6) is 0 Å². The van der Waals surface area contributed by atoms with Gasteiger partial charge in [0.25, 0.3) is 0 Å². The van der Waals surface area contributed by atoms with Gasteiger partial charge in [-0.15, -0.1) is 11.6 Å². The lowest BCUT2D eigenvalue weighted by atomic mass is 9.91. The van der Waals surface area contributed by atoms with E-state index >= 15 is 0 Å². The second kappa shape index (κ2) is 6.95. The highest BCUT2D eigenvalue weighted by molar-refractivity contribution is 6.21. The fourth-order valence-electron chi connectivity index (χ4n) is 3.36. The number of hydrogen-bond acceptors (Lipinski definition) is 1. The van der Waals surface area contributed by atoms with Gasteiger partial charge in [-0.1, -0.05) is 52.0 Å². The Kier molecular flexibility index (Phi) is 5.51. The van der Waals surface area contributed by atoms with Gasteiger partial charge in [-0.25, -0.2) is 0 Å². The number of alkyl halides is 1. The number of halogens is 1. The molecule has 0 amide bonds. The molecule has 0 aliphatic carbocycles. The smallest absolute Gasteiger partial charge is 0.0712 e. The molecule has 1 aliphatic rings. The van der Waals surface area contributed by atoms with E-state index in [0.29, 0.717) is 5.92 Å². The van der Waals surface area contributed by atoms with Gasteiger partial charge in [0.2, 0.25) is 0 Å². The van der Waals surface area contributed by atoms with Crippen LogP contribution < -0.4 is 0 Å². The van der Waals surface area contributed by atoms with Crippen LogP contribution in [0.2, 0.25) is 0 Å². The van der Waals surface area contributed by atoms with Crippen molar-refractivity contribution in [1.82, 2.24) is 4.90 Å². The maximum absolute atomic E-state index is 6.63. The Morgan fingerprint density at radius 3 is 2.05 bits per heavy atom. The van der Waals surface area contributed by atoms with E-state index in [-0.39, 0.29) is 5.38 Å². The first-order valence-electron chi connectivity index (χ1n) is 7.92. The molecule has 1 fully saturated rings. The topological polar surface area (TPSA) is 3.24 Å². The highest BCUT2D eigenvalue weighted by Crippen LogP contribution is 2.27. The van der Waals surface area contributed by atoms with Gasteiger partial charge in [0.05, 0.1) is 5.38 Å². The van der Waals surface area contributed by atoms with Gasteiger partial charge in [0, 0.05) is 19.6 Å². The van der Waals surface area contributed by atoms with Gasteiger partial charge in [-0.3, -0.25) is 0 Å². The molecule has 1 aliphatic heterocycles.